The molecule has 2 N–H and O–H groups in total. The molecule has 5 nitrogen and oxygen atoms in total. The van der Waals surface area contributed by atoms with Gasteiger partial charge in [-0.2, -0.15) is 0 Å². The van der Waals surface area contributed by atoms with Gasteiger partial charge in [0.15, 0.2) is 5.96 Å². The number of hydrogen-bond acceptors (Lipinski definition) is 3. The van der Waals surface area contributed by atoms with Crippen molar-refractivity contribution in [3.8, 4) is 0 Å². The highest BCUT2D eigenvalue weighted by Crippen LogP contribution is 2.05. The number of rotatable bonds is 5. The summed E-state index contributed by atoms with van der Waals surface area (Å²) in [5, 5.41) is 6.63. The van der Waals surface area contributed by atoms with Gasteiger partial charge in [-0.25, -0.2) is 0 Å². The fourth-order valence-corrected chi connectivity index (χ4v) is 2.08. The Morgan fingerprint density at radius 2 is 1.95 bits per heavy atom. The molecule has 1 rings (SSSR count). The molecule has 1 atom stereocenters. The second-order valence-corrected chi connectivity index (χ2v) is 5.04. The molecule has 1 aliphatic heterocycles. The fourth-order valence-electron chi connectivity index (χ4n) is 2.08. The van der Waals surface area contributed by atoms with Crippen molar-refractivity contribution in [2.24, 2.45) is 4.99 Å². The van der Waals surface area contributed by atoms with Crippen LogP contribution in [0.25, 0.3) is 0 Å². The van der Waals surface area contributed by atoms with E-state index in [1.807, 2.05) is 0 Å². The molecular formula is C13H30IN5. The first-order valence-corrected chi connectivity index (χ1v) is 7.08. The number of aliphatic imine (C=N–C) groups is 1. The van der Waals surface area contributed by atoms with Crippen molar-refractivity contribution in [1.82, 2.24) is 20.4 Å². The van der Waals surface area contributed by atoms with Crippen molar-refractivity contribution in [1.29, 1.82) is 0 Å². The summed E-state index contributed by atoms with van der Waals surface area (Å²) in [7, 11) is 4.38. The van der Waals surface area contributed by atoms with E-state index in [4.69, 9.17) is 0 Å². The Morgan fingerprint density at radius 1 is 1.21 bits per heavy atom. The summed E-state index contributed by atoms with van der Waals surface area (Å²) in [6.07, 6.45) is 1.12. The zero-order chi connectivity index (χ0) is 13.4. The third kappa shape index (κ3) is 7.31. The molecule has 0 spiro atoms. The largest absolute Gasteiger partial charge is 0.357 e. The Bertz CT molecular complexity index is 259. The van der Waals surface area contributed by atoms with Crippen LogP contribution in [-0.4, -0.2) is 75.2 Å². The molecule has 0 aromatic carbocycles. The van der Waals surface area contributed by atoms with Gasteiger partial charge in [-0.05, 0) is 27.4 Å². The number of nitrogens with zero attached hydrogens (tertiary/aromatic N) is 3. The normalized spacial score (nSPS) is 21.9. The SMILES string of the molecule is CCCNC(=NCC1CN(C)CCN1C)NCC.I. The molecule has 1 saturated heterocycles. The molecule has 0 radical (unpaired) electrons. The standard InChI is InChI=1S/C13H29N5.HI/c1-5-7-15-13(14-6-2)16-10-12-11-17(3)8-9-18(12)4;/h12H,5-11H2,1-4H3,(H2,14,15,16);1H. The van der Waals surface area contributed by atoms with Gasteiger partial charge in [0.2, 0.25) is 0 Å². The number of hydrogen-bond donors (Lipinski definition) is 2. The van der Waals surface area contributed by atoms with Crippen LogP contribution in [0.1, 0.15) is 20.3 Å². The molecule has 114 valence electrons. The molecular weight excluding hydrogens is 353 g/mol. The molecule has 1 unspecified atom stereocenters. The van der Waals surface area contributed by atoms with Crippen molar-refractivity contribution >= 4 is 29.9 Å². The van der Waals surface area contributed by atoms with Crippen molar-refractivity contribution in [2.45, 2.75) is 26.3 Å². The molecule has 19 heavy (non-hydrogen) atoms. The lowest BCUT2D eigenvalue weighted by Crippen LogP contribution is -2.51. The monoisotopic (exact) mass is 383 g/mol. The molecule has 1 heterocycles. The minimum atomic E-state index is 0. The van der Waals surface area contributed by atoms with Crippen molar-refractivity contribution in [3.05, 3.63) is 0 Å². The van der Waals surface area contributed by atoms with Crippen LogP contribution in [-0.2, 0) is 0 Å². The van der Waals surface area contributed by atoms with E-state index < -0.39 is 0 Å². The zero-order valence-corrected chi connectivity index (χ0v) is 15.1. The molecule has 0 aliphatic carbocycles. The van der Waals surface area contributed by atoms with Crippen LogP contribution < -0.4 is 10.6 Å². The molecule has 6 heteroatoms. The van der Waals surface area contributed by atoms with Crippen molar-refractivity contribution in [2.75, 3.05) is 53.4 Å². The summed E-state index contributed by atoms with van der Waals surface area (Å²) >= 11 is 0. The fraction of sp³-hybridized carbons (Fsp3) is 0.923. The van der Waals surface area contributed by atoms with Crippen molar-refractivity contribution in [3.63, 3.8) is 0 Å². The highest BCUT2D eigenvalue weighted by atomic mass is 127. The van der Waals surface area contributed by atoms with E-state index >= 15 is 0 Å². The maximum absolute atomic E-state index is 4.69. The number of halogens is 1. The van der Waals surface area contributed by atoms with Gasteiger partial charge in [0.05, 0.1) is 6.54 Å². The molecule has 1 aliphatic rings. The van der Waals surface area contributed by atoms with Gasteiger partial charge in [0.1, 0.15) is 0 Å². The lowest BCUT2D eigenvalue weighted by molar-refractivity contribution is 0.119. The summed E-state index contributed by atoms with van der Waals surface area (Å²) in [4.78, 5) is 9.48. The van der Waals surface area contributed by atoms with E-state index in [1.54, 1.807) is 0 Å². The van der Waals surface area contributed by atoms with E-state index in [0.29, 0.717) is 6.04 Å². The van der Waals surface area contributed by atoms with Crippen LogP contribution in [0.4, 0.5) is 0 Å². The lowest BCUT2D eigenvalue weighted by atomic mass is 10.2. The van der Waals surface area contributed by atoms with Crippen LogP contribution in [0.3, 0.4) is 0 Å². The lowest BCUT2D eigenvalue weighted by Gasteiger charge is -2.36. The molecule has 0 aromatic rings. The second kappa shape index (κ2) is 10.7. The van der Waals surface area contributed by atoms with E-state index in [-0.39, 0.29) is 24.0 Å². The smallest absolute Gasteiger partial charge is 0.191 e. The highest BCUT2D eigenvalue weighted by molar-refractivity contribution is 14.0. The average Bonchev–Trinajstić information content (AvgIpc) is 2.36. The van der Waals surface area contributed by atoms with Gasteiger partial charge >= 0.3 is 0 Å². The third-order valence-electron chi connectivity index (χ3n) is 3.33. The number of likely N-dealkylation sites (N-methyl/N-ethyl adjacent to an activating group) is 2. The Labute approximate surface area is 135 Å². The highest BCUT2D eigenvalue weighted by Gasteiger charge is 2.21. The van der Waals surface area contributed by atoms with E-state index in [2.05, 4.69) is 53.4 Å². The zero-order valence-electron chi connectivity index (χ0n) is 12.8. The Kier molecular flexibility index (Phi) is 10.6. The topological polar surface area (TPSA) is 42.9 Å². The van der Waals surface area contributed by atoms with Gasteiger partial charge in [-0.3, -0.25) is 9.89 Å². The minimum Gasteiger partial charge on any atom is -0.357 e. The maximum Gasteiger partial charge on any atom is 0.191 e. The molecule has 1 fully saturated rings. The maximum atomic E-state index is 4.69. The van der Waals surface area contributed by atoms with Crippen LogP contribution in [0.2, 0.25) is 0 Å². The van der Waals surface area contributed by atoms with Gasteiger partial charge < -0.3 is 15.5 Å². The van der Waals surface area contributed by atoms with Gasteiger partial charge in [-0.1, -0.05) is 6.92 Å². The molecule has 0 amide bonds. The predicted molar refractivity (Wildman–Crippen MR) is 93.6 cm³/mol. The number of piperazine rings is 1. The molecule has 0 saturated carbocycles. The summed E-state index contributed by atoms with van der Waals surface area (Å²) in [6, 6.07) is 0.529. The summed E-state index contributed by atoms with van der Waals surface area (Å²) in [5.74, 6) is 0.945. The summed E-state index contributed by atoms with van der Waals surface area (Å²) in [5.41, 5.74) is 0. The van der Waals surface area contributed by atoms with Crippen molar-refractivity contribution < 1.29 is 0 Å². The summed E-state index contributed by atoms with van der Waals surface area (Å²) < 4.78 is 0. The Balaban J connectivity index is 0.00000324. The first kappa shape index (κ1) is 18.9. The van der Waals surface area contributed by atoms with Gasteiger partial charge in [-0.15, -0.1) is 24.0 Å². The van der Waals surface area contributed by atoms with E-state index in [1.165, 1.54) is 0 Å². The Morgan fingerprint density at radius 3 is 2.58 bits per heavy atom. The van der Waals surface area contributed by atoms with Crippen LogP contribution in [0, 0.1) is 0 Å². The van der Waals surface area contributed by atoms with E-state index in [0.717, 1.165) is 51.6 Å². The second-order valence-electron chi connectivity index (χ2n) is 5.04. The van der Waals surface area contributed by atoms with Crippen LogP contribution in [0.15, 0.2) is 4.99 Å². The quantitative estimate of drug-likeness (QED) is 0.419. The van der Waals surface area contributed by atoms with Crippen LogP contribution >= 0.6 is 24.0 Å². The van der Waals surface area contributed by atoms with Gasteiger partial charge in [0, 0.05) is 38.8 Å². The third-order valence-corrected chi connectivity index (χ3v) is 3.33. The van der Waals surface area contributed by atoms with E-state index in [9.17, 15) is 0 Å². The first-order chi connectivity index (χ1) is 8.67. The Hall–Kier alpha value is -0.0800. The first-order valence-electron chi connectivity index (χ1n) is 7.08. The minimum absolute atomic E-state index is 0. The average molecular weight is 383 g/mol. The summed E-state index contributed by atoms with van der Waals surface area (Å²) in [6.45, 7) is 10.4. The number of guanidine groups is 1. The molecule has 0 aromatic heterocycles. The number of nitrogens with one attached hydrogen (secondary N) is 2. The van der Waals surface area contributed by atoms with Crippen LogP contribution in [0.5, 0.6) is 0 Å². The van der Waals surface area contributed by atoms with Gasteiger partial charge in [0.25, 0.3) is 0 Å². The predicted octanol–water partition coefficient (Wildman–Crippen LogP) is 0.815. The molecule has 0 bridgehead atoms.